The Morgan fingerprint density at radius 1 is 0.822 bits per heavy atom. The maximum Gasteiger partial charge on any atom is 0.264 e. The lowest BCUT2D eigenvalue weighted by Crippen LogP contribution is -2.54. The molecule has 0 radical (unpaired) electrons. The molecule has 0 aliphatic carbocycles. The summed E-state index contributed by atoms with van der Waals surface area (Å²) in [5, 5.41) is 3.01. The van der Waals surface area contributed by atoms with Crippen LogP contribution in [0.25, 0.3) is 0 Å². The number of carbonyl (C=O) groups is 2. The molecule has 4 aromatic carbocycles. The summed E-state index contributed by atoms with van der Waals surface area (Å²) in [7, 11) is -4.19. The number of hydrogen-bond donors (Lipinski definition) is 1. The van der Waals surface area contributed by atoms with E-state index in [4.69, 9.17) is 0 Å². The number of benzene rings is 4. The summed E-state index contributed by atoms with van der Waals surface area (Å²) in [6.07, 6.45) is 0.885. The molecule has 2 atom stereocenters. The molecule has 0 spiro atoms. The van der Waals surface area contributed by atoms with Gasteiger partial charge in [0.1, 0.15) is 18.4 Å². The van der Waals surface area contributed by atoms with E-state index in [1.165, 1.54) is 29.2 Å². The van der Waals surface area contributed by atoms with Crippen molar-refractivity contribution in [2.75, 3.05) is 10.8 Å². The van der Waals surface area contributed by atoms with Crippen molar-refractivity contribution in [2.24, 2.45) is 0 Å². The molecule has 4 rings (SSSR count). The molecule has 0 bridgehead atoms. The van der Waals surface area contributed by atoms with Crippen LogP contribution in [0.3, 0.4) is 0 Å². The third-order valence-corrected chi connectivity index (χ3v) is 9.43. The van der Waals surface area contributed by atoms with Gasteiger partial charge in [-0.15, -0.1) is 0 Å². The number of amides is 2. The van der Waals surface area contributed by atoms with Gasteiger partial charge in [0.15, 0.2) is 0 Å². The van der Waals surface area contributed by atoms with Gasteiger partial charge in [0.25, 0.3) is 10.0 Å². The summed E-state index contributed by atoms with van der Waals surface area (Å²) in [6, 6.07) is 27.3. The van der Waals surface area contributed by atoms with Crippen LogP contribution in [0.1, 0.15) is 42.5 Å². The van der Waals surface area contributed by atoms with Crippen LogP contribution in [-0.4, -0.2) is 43.8 Å². The van der Waals surface area contributed by atoms with E-state index in [-0.39, 0.29) is 29.8 Å². The zero-order valence-electron chi connectivity index (χ0n) is 26.1. The quantitative estimate of drug-likeness (QED) is 0.191. The predicted octanol–water partition coefficient (Wildman–Crippen LogP) is 6.19. The molecule has 0 saturated heterocycles. The second kappa shape index (κ2) is 15.0. The van der Waals surface area contributed by atoms with E-state index in [0.29, 0.717) is 17.7 Å². The Bertz CT molecular complexity index is 1680. The molecule has 0 aliphatic rings. The maximum atomic E-state index is 14.5. The molecular formula is C36H40FN3O4S. The summed E-state index contributed by atoms with van der Waals surface area (Å²) >= 11 is 0. The highest BCUT2D eigenvalue weighted by molar-refractivity contribution is 7.92. The van der Waals surface area contributed by atoms with E-state index in [1.54, 1.807) is 42.5 Å². The highest BCUT2D eigenvalue weighted by atomic mass is 32.2. The Kier molecular flexibility index (Phi) is 11.1. The molecule has 45 heavy (non-hydrogen) atoms. The van der Waals surface area contributed by atoms with E-state index < -0.39 is 34.3 Å². The zero-order valence-corrected chi connectivity index (χ0v) is 26.9. The molecule has 4 aromatic rings. The van der Waals surface area contributed by atoms with E-state index in [9.17, 15) is 22.4 Å². The first kappa shape index (κ1) is 33.4. The van der Waals surface area contributed by atoms with Crippen LogP contribution in [-0.2, 0) is 32.6 Å². The summed E-state index contributed by atoms with van der Waals surface area (Å²) in [5.74, 6) is -1.35. The minimum Gasteiger partial charge on any atom is -0.352 e. The van der Waals surface area contributed by atoms with Gasteiger partial charge in [-0.3, -0.25) is 13.9 Å². The number of aryl methyl sites for hydroxylation is 2. The van der Waals surface area contributed by atoms with Crippen molar-refractivity contribution >= 4 is 27.5 Å². The van der Waals surface area contributed by atoms with Gasteiger partial charge in [0.05, 0.1) is 10.6 Å². The van der Waals surface area contributed by atoms with E-state index in [0.717, 1.165) is 21.0 Å². The van der Waals surface area contributed by atoms with Gasteiger partial charge in [-0.05, 0) is 85.8 Å². The van der Waals surface area contributed by atoms with Crippen molar-refractivity contribution in [1.29, 1.82) is 0 Å². The number of nitrogens with zero attached hydrogens (tertiary/aromatic N) is 2. The molecule has 1 N–H and O–H groups in total. The van der Waals surface area contributed by atoms with Gasteiger partial charge < -0.3 is 10.2 Å². The Morgan fingerprint density at radius 3 is 1.98 bits per heavy atom. The largest absolute Gasteiger partial charge is 0.352 e. The Morgan fingerprint density at radius 2 is 1.40 bits per heavy atom. The lowest BCUT2D eigenvalue weighted by Gasteiger charge is -2.34. The summed E-state index contributed by atoms with van der Waals surface area (Å²) < 4.78 is 43.2. The molecule has 0 aromatic heterocycles. The number of nitrogens with one attached hydrogen (secondary N) is 1. The number of anilines is 1. The maximum absolute atomic E-state index is 14.5. The van der Waals surface area contributed by atoms with Crippen molar-refractivity contribution in [1.82, 2.24) is 10.2 Å². The topological polar surface area (TPSA) is 86.8 Å². The predicted molar refractivity (Wildman–Crippen MR) is 176 cm³/mol. The SMILES string of the molecule is CC[C@H](C)NC(=O)[C@H](Cc1ccccc1)N(Cc1ccc(F)cc1)C(=O)CN(c1cc(C)cc(C)c1)S(=O)(=O)c1ccccc1. The number of rotatable bonds is 13. The van der Waals surface area contributed by atoms with E-state index in [1.807, 2.05) is 64.1 Å². The van der Waals surface area contributed by atoms with Gasteiger partial charge in [0.2, 0.25) is 11.8 Å². The van der Waals surface area contributed by atoms with E-state index >= 15 is 0 Å². The highest BCUT2D eigenvalue weighted by Crippen LogP contribution is 2.27. The molecule has 0 unspecified atom stereocenters. The van der Waals surface area contributed by atoms with Crippen LogP contribution in [0.15, 0.2) is 108 Å². The van der Waals surface area contributed by atoms with Crippen molar-refractivity contribution in [3.8, 4) is 0 Å². The zero-order chi connectivity index (χ0) is 32.6. The van der Waals surface area contributed by atoms with Gasteiger partial charge in [-0.2, -0.15) is 0 Å². The van der Waals surface area contributed by atoms with Crippen molar-refractivity contribution in [2.45, 2.75) is 64.1 Å². The first-order valence-electron chi connectivity index (χ1n) is 15.0. The van der Waals surface area contributed by atoms with Crippen molar-refractivity contribution in [3.05, 3.63) is 131 Å². The van der Waals surface area contributed by atoms with Gasteiger partial charge >= 0.3 is 0 Å². The van der Waals surface area contributed by atoms with Crippen molar-refractivity contribution < 1.29 is 22.4 Å². The van der Waals surface area contributed by atoms with Crippen LogP contribution in [0.2, 0.25) is 0 Å². The van der Waals surface area contributed by atoms with E-state index in [2.05, 4.69) is 5.32 Å². The van der Waals surface area contributed by atoms with Crippen LogP contribution in [0.5, 0.6) is 0 Å². The Balaban J connectivity index is 1.82. The second-order valence-corrected chi connectivity index (χ2v) is 13.2. The number of hydrogen-bond acceptors (Lipinski definition) is 4. The first-order chi connectivity index (χ1) is 21.5. The monoisotopic (exact) mass is 629 g/mol. The number of sulfonamides is 1. The lowest BCUT2D eigenvalue weighted by molar-refractivity contribution is -0.140. The molecule has 9 heteroatoms. The number of carbonyl (C=O) groups excluding carboxylic acids is 2. The molecule has 0 saturated carbocycles. The van der Waals surface area contributed by atoms with Crippen LogP contribution in [0.4, 0.5) is 10.1 Å². The minimum atomic E-state index is -4.19. The molecule has 2 amide bonds. The minimum absolute atomic E-state index is 0.0311. The summed E-state index contributed by atoms with van der Waals surface area (Å²) in [5.41, 5.74) is 3.45. The summed E-state index contributed by atoms with van der Waals surface area (Å²) in [4.78, 5) is 29.8. The molecule has 0 aliphatic heterocycles. The highest BCUT2D eigenvalue weighted by Gasteiger charge is 2.35. The normalized spacial score (nSPS) is 12.6. The molecule has 0 heterocycles. The fraction of sp³-hybridized carbons (Fsp3) is 0.278. The standard InChI is InChI=1S/C36H40FN3O4S/c1-5-28(4)38-36(42)34(23-29-12-8-6-9-13-29)39(24-30-16-18-31(37)19-17-30)35(41)25-40(32-21-26(2)20-27(3)22-32)45(43,44)33-14-10-7-11-15-33/h6-22,28,34H,5,23-25H2,1-4H3,(H,38,42)/t28-,34-/m0/s1. The van der Waals surface area contributed by atoms with Crippen LogP contribution >= 0.6 is 0 Å². The average Bonchev–Trinajstić information content (AvgIpc) is 3.02. The molecule has 236 valence electrons. The lowest BCUT2D eigenvalue weighted by atomic mass is 10.0. The summed E-state index contributed by atoms with van der Waals surface area (Å²) in [6.45, 7) is 6.98. The van der Waals surface area contributed by atoms with Gasteiger partial charge in [-0.25, -0.2) is 12.8 Å². The van der Waals surface area contributed by atoms with Crippen LogP contribution < -0.4 is 9.62 Å². The smallest absolute Gasteiger partial charge is 0.264 e. The average molecular weight is 630 g/mol. The molecule has 0 fully saturated rings. The number of halogens is 1. The first-order valence-corrected chi connectivity index (χ1v) is 16.5. The van der Waals surface area contributed by atoms with Gasteiger partial charge in [-0.1, -0.05) is 73.7 Å². The second-order valence-electron chi connectivity index (χ2n) is 11.3. The molecular weight excluding hydrogens is 589 g/mol. The Labute approximate surface area is 265 Å². The molecule has 7 nitrogen and oxygen atoms in total. The Hall–Kier alpha value is -4.50. The third-order valence-electron chi connectivity index (χ3n) is 7.64. The van der Waals surface area contributed by atoms with Gasteiger partial charge in [0, 0.05) is 19.0 Å². The fourth-order valence-electron chi connectivity index (χ4n) is 5.12. The van der Waals surface area contributed by atoms with Crippen LogP contribution in [0, 0.1) is 19.7 Å². The van der Waals surface area contributed by atoms with Crippen molar-refractivity contribution in [3.63, 3.8) is 0 Å². The fourth-order valence-corrected chi connectivity index (χ4v) is 6.54. The third kappa shape index (κ3) is 8.79.